The van der Waals surface area contributed by atoms with Crippen molar-refractivity contribution in [1.82, 2.24) is 0 Å². The molecule has 0 fully saturated rings. The van der Waals surface area contributed by atoms with Gasteiger partial charge in [-0.25, -0.2) is 0 Å². The van der Waals surface area contributed by atoms with E-state index in [2.05, 4.69) is 113 Å². The van der Waals surface area contributed by atoms with Crippen LogP contribution in [0.1, 0.15) is 11.1 Å². The van der Waals surface area contributed by atoms with Crippen molar-refractivity contribution in [3.63, 3.8) is 0 Å². The highest BCUT2D eigenvalue weighted by Crippen LogP contribution is 2.28. The Hall–Kier alpha value is -0.540. The Labute approximate surface area is 162 Å². The van der Waals surface area contributed by atoms with Gasteiger partial charge in [-0.2, -0.15) is 0 Å². The Bertz CT molecular complexity index is 892. The van der Waals surface area contributed by atoms with E-state index in [1.807, 2.05) is 0 Å². The second-order valence-corrected chi connectivity index (χ2v) is 7.87. The number of halogens is 2. The number of hydrogen-bond acceptors (Lipinski definition) is 2. The van der Waals surface area contributed by atoms with Crippen LogP contribution in [0.4, 0.5) is 0 Å². The average Bonchev–Trinajstić information content (AvgIpc) is 2.57. The van der Waals surface area contributed by atoms with Gasteiger partial charge in [0.15, 0.2) is 0 Å². The summed E-state index contributed by atoms with van der Waals surface area (Å²) in [7, 11) is 3.01. The van der Waals surface area contributed by atoms with Crippen LogP contribution in [0.2, 0.25) is 0 Å². The number of hydrogen-bond donors (Lipinski definition) is 0. The zero-order chi connectivity index (χ0) is 15.4. The largest absolute Gasteiger partial charge is 0.0616 e. The fourth-order valence-electron chi connectivity index (χ4n) is 2.40. The van der Waals surface area contributed by atoms with Crippen molar-refractivity contribution in [2.24, 2.45) is 0 Å². The van der Waals surface area contributed by atoms with Gasteiger partial charge in [-0.3, -0.25) is 0 Å². The van der Waals surface area contributed by atoms with Crippen LogP contribution in [0.5, 0.6) is 0 Å². The molecule has 3 aromatic rings. The minimum absolute atomic E-state index is 1.05. The third-order valence-corrected chi connectivity index (χ3v) is 5.01. The molecule has 0 spiro atoms. The Kier molecular flexibility index (Phi) is 5.81. The van der Waals surface area contributed by atoms with E-state index in [0.29, 0.717) is 0 Å². The molecule has 0 bridgehead atoms. The Morgan fingerprint density at radius 3 is 1.55 bits per heavy atom. The highest BCUT2D eigenvalue weighted by Gasteiger charge is 2.05. The fraction of sp³-hybridized carbons (Fsp3) is 0. The summed E-state index contributed by atoms with van der Waals surface area (Å²) in [6.45, 7) is 0. The van der Waals surface area contributed by atoms with Gasteiger partial charge < -0.3 is 0 Å². The summed E-state index contributed by atoms with van der Waals surface area (Å²) in [5.41, 5.74) is 2.11. The quantitative estimate of drug-likeness (QED) is 0.175. The van der Waals surface area contributed by atoms with Crippen molar-refractivity contribution in [2.45, 2.75) is 0 Å². The van der Waals surface area contributed by atoms with Crippen LogP contribution in [0.25, 0.3) is 21.5 Å². The maximum absolute atomic E-state index is 3.24. The Balaban J connectivity index is 2.38. The van der Waals surface area contributed by atoms with Crippen molar-refractivity contribution >= 4 is 81.8 Å². The smallest absolute Gasteiger partial charge is 0.0334 e. The van der Waals surface area contributed by atoms with Gasteiger partial charge in [-0.1, -0.05) is 36.1 Å². The topological polar surface area (TPSA) is 0 Å². The van der Waals surface area contributed by atoms with Crippen molar-refractivity contribution in [3.05, 3.63) is 59.7 Å². The van der Waals surface area contributed by atoms with Crippen LogP contribution >= 0.6 is 60.3 Å². The van der Waals surface area contributed by atoms with E-state index in [1.165, 1.54) is 39.4 Å². The molecule has 4 heteroatoms. The SMILES string of the molecule is ISC#Cc1ccc(C#CSI)c2cc3ccccc3cc12. The summed E-state index contributed by atoms with van der Waals surface area (Å²) in [5.74, 6) is 6.47. The molecule has 0 saturated heterocycles. The third kappa shape index (κ3) is 3.51. The highest BCUT2D eigenvalue weighted by molar-refractivity contribution is 14.2. The molecule has 0 aliphatic carbocycles. The summed E-state index contributed by atoms with van der Waals surface area (Å²) >= 11 is 4.39. The summed E-state index contributed by atoms with van der Waals surface area (Å²) in [6, 6.07) is 17.0. The summed E-state index contributed by atoms with van der Waals surface area (Å²) < 4.78 is 0. The molecule has 0 aromatic heterocycles. The molecule has 0 unspecified atom stereocenters. The molecular weight excluding hydrogens is 534 g/mol. The van der Waals surface area contributed by atoms with Gasteiger partial charge in [-0.15, -0.1) is 0 Å². The van der Waals surface area contributed by atoms with Gasteiger partial charge in [0, 0.05) is 53.5 Å². The van der Waals surface area contributed by atoms with Crippen molar-refractivity contribution in [1.29, 1.82) is 0 Å². The van der Waals surface area contributed by atoms with Crippen molar-refractivity contribution in [3.8, 4) is 22.3 Å². The molecular formula is C18H8I2S2. The van der Waals surface area contributed by atoms with Gasteiger partial charge in [0.25, 0.3) is 0 Å². The Morgan fingerprint density at radius 1 is 0.682 bits per heavy atom. The maximum Gasteiger partial charge on any atom is 0.0334 e. The first-order chi connectivity index (χ1) is 10.8. The Morgan fingerprint density at radius 2 is 1.14 bits per heavy atom. The summed E-state index contributed by atoms with van der Waals surface area (Å²) in [4.78, 5) is 0. The van der Waals surface area contributed by atoms with Crippen LogP contribution in [0, 0.1) is 22.3 Å². The normalized spacial score (nSPS) is 9.91. The zero-order valence-corrected chi connectivity index (χ0v) is 17.1. The predicted molar refractivity (Wildman–Crippen MR) is 118 cm³/mol. The van der Waals surface area contributed by atoms with E-state index in [9.17, 15) is 0 Å². The van der Waals surface area contributed by atoms with Crippen LogP contribution in [0.15, 0.2) is 48.5 Å². The molecule has 0 aliphatic heterocycles. The summed E-state index contributed by atoms with van der Waals surface area (Å²) in [6.07, 6.45) is 0. The molecule has 0 heterocycles. The lowest BCUT2D eigenvalue weighted by Crippen LogP contribution is -1.86. The molecule has 0 nitrogen and oxygen atoms in total. The van der Waals surface area contributed by atoms with Gasteiger partial charge in [0.1, 0.15) is 0 Å². The lowest BCUT2D eigenvalue weighted by Gasteiger charge is -2.07. The molecule has 0 atom stereocenters. The second kappa shape index (κ2) is 7.83. The van der Waals surface area contributed by atoms with Crippen LogP contribution in [-0.2, 0) is 0 Å². The van der Waals surface area contributed by atoms with Crippen LogP contribution < -0.4 is 0 Å². The van der Waals surface area contributed by atoms with Gasteiger partial charge in [-0.05, 0) is 74.2 Å². The summed E-state index contributed by atoms with van der Waals surface area (Å²) in [5, 5.41) is 11.0. The molecule has 0 radical (unpaired) electrons. The first-order valence-corrected chi connectivity index (χ1v) is 13.1. The molecule has 3 rings (SSSR count). The molecule has 0 saturated carbocycles. The first-order valence-electron chi connectivity index (χ1n) is 6.36. The lowest BCUT2D eigenvalue weighted by atomic mass is 9.96. The lowest BCUT2D eigenvalue weighted by molar-refractivity contribution is 1.69. The molecule has 0 aliphatic rings. The molecule has 106 valence electrons. The van der Waals surface area contributed by atoms with E-state index in [4.69, 9.17) is 0 Å². The molecule has 0 N–H and O–H groups in total. The average molecular weight is 542 g/mol. The monoisotopic (exact) mass is 542 g/mol. The van der Waals surface area contributed by atoms with Crippen LogP contribution in [-0.4, -0.2) is 0 Å². The highest BCUT2D eigenvalue weighted by atomic mass is 127. The standard InChI is InChI=1S/C18H8I2S2/c19-21-9-7-13-5-6-14(8-10-22-20)18-12-16-4-2-1-3-15(16)11-17(13)18/h1-6,11-12H. The van der Waals surface area contributed by atoms with E-state index >= 15 is 0 Å². The molecule has 0 amide bonds. The van der Waals surface area contributed by atoms with Crippen LogP contribution in [0.3, 0.4) is 0 Å². The van der Waals surface area contributed by atoms with Crippen molar-refractivity contribution in [2.75, 3.05) is 0 Å². The number of fused-ring (bicyclic) bond motifs is 2. The first kappa shape index (κ1) is 16.3. The minimum Gasteiger partial charge on any atom is -0.0616 e. The van der Waals surface area contributed by atoms with Crippen molar-refractivity contribution < 1.29 is 0 Å². The van der Waals surface area contributed by atoms with Gasteiger partial charge in [0.05, 0.1) is 0 Å². The van der Waals surface area contributed by atoms with Gasteiger partial charge >= 0.3 is 0 Å². The van der Waals surface area contributed by atoms with Gasteiger partial charge in [0.2, 0.25) is 0 Å². The fourth-order valence-corrected chi connectivity index (χ4v) is 3.36. The van der Waals surface area contributed by atoms with E-state index in [1.54, 1.807) is 0 Å². The second-order valence-electron chi connectivity index (χ2n) is 4.51. The van der Waals surface area contributed by atoms with E-state index in [0.717, 1.165) is 11.1 Å². The number of rotatable bonds is 0. The predicted octanol–water partition coefficient (Wildman–Crippen LogP) is 6.78. The third-order valence-electron chi connectivity index (χ3n) is 3.33. The number of benzene rings is 3. The molecule has 22 heavy (non-hydrogen) atoms. The maximum atomic E-state index is 3.24. The zero-order valence-electron chi connectivity index (χ0n) is 11.2. The van der Waals surface area contributed by atoms with E-state index in [-0.39, 0.29) is 0 Å². The van der Waals surface area contributed by atoms with E-state index < -0.39 is 0 Å². The minimum atomic E-state index is 1.05. The molecule has 3 aromatic carbocycles.